The Hall–Kier alpha value is -1.32. The molecule has 1 unspecified atom stereocenters. The zero-order chi connectivity index (χ0) is 15.0. The quantitative estimate of drug-likeness (QED) is 0.747. The van der Waals surface area contributed by atoms with Crippen LogP contribution in [0.15, 0.2) is 6.33 Å². The van der Waals surface area contributed by atoms with E-state index in [2.05, 4.69) is 54.9 Å². The highest BCUT2D eigenvalue weighted by Gasteiger charge is 2.15. The highest BCUT2D eigenvalue weighted by molar-refractivity contribution is 5.58. The molecule has 0 aliphatic rings. The van der Waals surface area contributed by atoms with Gasteiger partial charge in [0.05, 0.1) is 0 Å². The van der Waals surface area contributed by atoms with Crippen molar-refractivity contribution in [3.63, 3.8) is 0 Å². The van der Waals surface area contributed by atoms with Crippen LogP contribution in [0.3, 0.4) is 0 Å². The first-order valence-corrected chi connectivity index (χ1v) is 7.92. The molecule has 1 aromatic rings. The highest BCUT2D eigenvalue weighted by Crippen LogP contribution is 2.25. The van der Waals surface area contributed by atoms with Crippen LogP contribution in [-0.2, 0) is 6.42 Å². The average molecular weight is 278 g/mol. The Balaban J connectivity index is 2.97. The van der Waals surface area contributed by atoms with Crippen molar-refractivity contribution in [1.29, 1.82) is 0 Å². The standard InChI is InChI=1S/C16H30N4/c1-6-9-14-15(17-10-7-2)18-12-19-16(14)20(5)11-13(4)8-3/h12-13H,6-11H2,1-5H3,(H,17,18,19). The van der Waals surface area contributed by atoms with Crippen LogP contribution in [-0.4, -0.2) is 30.1 Å². The molecule has 0 bridgehead atoms. The van der Waals surface area contributed by atoms with E-state index in [0.29, 0.717) is 5.92 Å². The molecule has 20 heavy (non-hydrogen) atoms. The van der Waals surface area contributed by atoms with Gasteiger partial charge in [0.1, 0.15) is 18.0 Å². The van der Waals surface area contributed by atoms with Crippen molar-refractivity contribution in [2.24, 2.45) is 5.92 Å². The number of nitrogens with zero attached hydrogens (tertiary/aromatic N) is 3. The van der Waals surface area contributed by atoms with Gasteiger partial charge in [-0.3, -0.25) is 0 Å². The number of hydrogen-bond donors (Lipinski definition) is 1. The van der Waals surface area contributed by atoms with Gasteiger partial charge in [-0.25, -0.2) is 9.97 Å². The molecule has 0 aromatic carbocycles. The first-order chi connectivity index (χ1) is 9.63. The van der Waals surface area contributed by atoms with Crippen molar-refractivity contribution < 1.29 is 0 Å². The summed E-state index contributed by atoms with van der Waals surface area (Å²) in [6.45, 7) is 10.9. The summed E-state index contributed by atoms with van der Waals surface area (Å²) in [5.41, 5.74) is 1.26. The fraction of sp³-hybridized carbons (Fsp3) is 0.750. The Morgan fingerprint density at radius 1 is 1.20 bits per heavy atom. The van der Waals surface area contributed by atoms with Crippen LogP contribution in [0.5, 0.6) is 0 Å². The summed E-state index contributed by atoms with van der Waals surface area (Å²) in [6, 6.07) is 0. The lowest BCUT2D eigenvalue weighted by atomic mass is 10.1. The van der Waals surface area contributed by atoms with Gasteiger partial charge in [-0.2, -0.15) is 0 Å². The van der Waals surface area contributed by atoms with E-state index >= 15 is 0 Å². The predicted molar refractivity (Wildman–Crippen MR) is 87.5 cm³/mol. The van der Waals surface area contributed by atoms with Gasteiger partial charge in [0.2, 0.25) is 0 Å². The van der Waals surface area contributed by atoms with E-state index in [9.17, 15) is 0 Å². The molecule has 0 amide bonds. The minimum absolute atomic E-state index is 0.677. The van der Waals surface area contributed by atoms with Gasteiger partial charge in [0, 0.05) is 25.7 Å². The molecule has 0 radical (unpaired) electrons. The second kappa shape index (κ2) is 8.77. The summed E-state index contributed by atoms with van der Waals surface area (Å²) < 4.78 is 0. The fourth-order valence-corrected chi connectivity index (χ4v) is 2.29. The normalized spacial score (nSPS) is 12.2. The zero-order valence-corrected chi connectivity index (χ0v) is 13.7. The van der Waals surface area contributed by atoms with Gasteiger partial charge >= 0.3 is 0 Å². The van der Waals surface area contributed by atoms with Gasteiger partial charge in [0.15, 0.2) is 0 Å². The number of aromatic nitrogens is 2. The Morgan fingerprint density at radius 3 is 2.55 bits per heavy atom. The van der Waals surface area contributed by atoms with Crippen LogP contribution < -0.4 is 10.2 Å². The molecule has 0 aliphatic heterocycles. The van der Waals surface area contributed by atoms with Crippen LogP contribution in [0.2, 0.25) is 0 Å². The molecule has 0 aliphatic carbocycles. The fourth-order valence-electron chi connectivity index (χ4n) is 2.29. The molecule has 0 spiro atoms. The molecule has 1 N–H and O–H groups in total. The van der Waals surface area contributed by atoms with E-state index in [-0.39, 0.29) is 0 Å². The van der Waals surface area contributed by atoms with E-state index < -0.39 is 0 Å². The highest BCUT2D eigenvalue weighted by atomic mass is 15.2. The van der Waals surface area contributed by atoms with E-state index in [1.807, 2.05) is 0 Å². The maximum atomic E-state index is 4.53. The van der Waals surface area contributed by atoms with Crippen LogP contribution in [0.25, 0.3) is 0 Å². The van der Waals surface area contributed by atoms with Gasteiger partial charge in [0.25, 0.3) is 0 Å². The van der Waals surface area contributed by atoms with Crippen molar-refractivity contribution in [3.8, 4) is 0 Å². The van der Waals surface area contributed by atoms with Crippen molar-refractivity contribution >= 4 is 11.6 Å². The first kappa shape index (κ1) is 16.7. The van der Waals surface area contributed by atoms with Crippen molar-refractivity contribution in [2.75, 3.05) is 30.4 Å². The lowest BCUT2D eigenvalue weighted by Gasteiger charge is -2.25. The van der Waals surface area contributed by atoms with E-state index in [1.54, 1.807) is 6.33 Å². The van der Waals surface area contributed by atoms with Crippen LogP contribution >= 0.6 is 0 Å². The third-order valence-corrected chi connectivity index (χ3v) is 3.61. The summed E-state index contributed by atoms with van der Waals surface area (Å²) in [6.07, 6.45) is 6.11. The first-order valence-electron chi connectivity index (χ1n) is 7.92. The summed E-state index contributed by atoms with van der Waals surface area (Å²) in [5, 5.41) is 3.43. The van der Waals surface area contributed by atoms with Crippen LogP contribution in [0, 0.1) is 5.92 Å². The molecular weight excluding hydrogens is 248 g/mol. The topological polar surface area (TPSA) is 41.1 Å². The number of hydrogen-bond acceptors (Lipinski definition) is 4. The Morgan fingerprint density at radius 2 is 1.95 bits per heavy atom. The minimum atomic E-state index is 0.677. The summed E-state index contributed by atoms with van der Waals surface area (Å²) in [7, 11) is 2.14. The zero-order valence-electron chi connectivity index (χ0n) is 13.7. The van der Waals surface area contributed by atoms with Crippen molar-refractivity contribution in [1.82, 2.24) is 9.97 Å². The monoisotopic (exact) mass is 278 g/mol. The van der Waals surface area contributed by atoms with E-state index in [0.717, 1.165) is 44.0 Å². The third kappa shape index (κ3) is 4.66. The smallest absolute Gasteiger partial charge is 0.137 e. The van der Waals surface area contributed by atoms with Gasteiger partial charge in [-0.1, -0.05) is 40.5 Å². The molecule has 1 heterocycles. The van der Waals surface area contributed by atoms with Gasteiger partial charge in [-0.15, -0.1) is 0 Å². The number of rotatable bonds is 9. The second-order valence-corrected chi connectivity index (χ2v) is 5.60. The maximum absolute atomic E-state index is 4.53. The molecule has 0 saturated carbocycles. The van der Waals surface area contributed by atoms with Crippen LogP contribution in [0.1, 0.15) is 52.5 Å². The minimum Gasteiger partial charge on any atom is -0.370 e. The SMILES string of the molecule is CCCNc1ncnc(N(C)CC(C)CC)c1CCC. The summed E-state index contributed by atoms with van der Waals surface area (Å²) in [5.74, 6) is 2.77. The maximum Gasteiger partial charge on any atom is 0.137 e. The molecule has 1 atom stereocenters. The van der Waals surface area contributed by atoms with E-state index in [4.69, 9.17) is 0 Å². The van der Waals surface area contributed by atoms with Gasteiger partial charge in [-0.05, 0) is 18.8 Å². The predicted octanol–water partition coefficient (Wildman–Crippen LogP) is 3.73. The molecule has 1 aromatic heterocycles. The second-order valence-electron chi connectivity index (χ2n) is 5.60. The molecule has 1 rings (SSSR count). The van der Waals surface area contributed by atoms with Gasteiger partial charge < -0.3 is 10.2 Å². The molecule has 4 heteroatoms. The molecule has 4 nitrogen and oxygen atoms in total. The third-order valence-electron chi connectivity index (χ3n) is 3.61. The average Bonchev–Trinajstić information content (AvgIpc) is 2.46. The van der Waals surface area contributed by atoms with Crippen molar-refractivity contribution in [2.45, 2.75) is 53.4 Å². The summed E-state index contributed by atoms with van der Waals surface area (Å²) >= 11 is 0. The van der Waals surface area contributed by atoms with Crippen molar-refractivity contribution in [3.05, 3.63) is 11.9 Å². The lowest BCUT2D eigenvalue weighted by molar-refractivity contribution is 0.556. The number of nitrogens with one attached hydrogen (secondary N) is 1. The van der Waals surface area contributed by atoms with E-state index in [1.165, 1.54) is 12.0 Å². The van der Waals surface area contributed by atoms with Crippen LogP contribution in [0.4, 0.5) is 11.6 Å². The Kier molecular flexibility index (Phi) is 7.34. The largest absolute Gasteiger partial charge is 0.370 e. The molecular formula is C16H30N4. The summed E-state index contributed by atoms with van der Waals surface area (Å²) in [4.78, 5) is 11.2. The Bertz CT molecular complexity index is 392. The molecule has 0 saturated heterocycles. The lowest BCUT2D eigenvalue weighted by Crippen LogP contribution is -2.26. The molecule has 114 valence electrons. The Labute approximate surface area is 124 Å². The number of anilines is 2. The molecule has 0 fully saturated rings.